The van der Waals surface area contributed by atoms with E-state index in [-0.39, 0.29) is 5.92 Å². The third kappa shape index (κ3) is 0.855. The van der Waals surface area contributed by atoms with Crippen LogP contribution in [-0.4, -0.2) is 11.8 Å². The Hall–Kier alpha value is -1.32. The van der Waals surface area contributed by atoms with Crippen molar-refractivity contribution in [2.24, 2.45) is 28.7 Å². The zero-order valence-corrected chi connectivity index (χ0v) is 7.19. The summed E-state index contributed by atoms with van der Waals surface area (Å²) >= 11 is 0. The van der Waals surface area contributed by atoms with Gasteiger partial charge in [-0.3, -0.25) is 9.59 Å². The number of carbonyl (C=O) groups is 2. The van der Waals surface area contributed by atoms with E-state index in [0.717, 1.165) is 6.42 Å². The third-order valence-corrected chi connectivity index (χ3v) is 3.27. The van der Waals surface area contributed by atoms with Crippen LogP contribution < -0.4 is 11.5 Å². The lowest BCUT2D eigenvalue weighted by molar-refractivity contribution is -0.141. The molecule has 2 aliphatic carbocycles. The maximum atomic E-state index is 11.2. The third-order valence-electron chi connectivity index (χ3n) is 3.27. The van der Waals surface area contributed by atoms with Gasteiger partial charge in [0.1, 0.15) is 5.41 Å². The highest BCUT2D eigenvalue weighted by Gasteiger charge is 2.56. The van der Waals surface area contributed by atoms with Gasteiger partial charge in [-0.25, -0.2) is 0 Å². The number of primary amides is 2. The molecule has 2 unspecified atom stereocenters. The molecule has 70 valence electrons. The van der Waals surface area contributed by atoms with Gasteiger partial charge in [0.05, 0.1) is 0 Å². The number of allylic oxidation sites excluding steroid dienone is 2. The Labute approximate surface area is 76.0 Å². The van der Waals surface area contributed by atoms with Gasteiger partial charge in [-0.2, -0.15) is 0 Å². The molecule has 2 atom stereocenters. The van der Waals surface area contributed by atoms with E-state index in [9.17, 15) is 9.59 Å². The van der Waals surface area contributed by atoms with Gasteiger partial charge in [-0.05, 0) is 18.8 Å². The first-order valence-corrected chi connectivity index (χ1v) is 4.35. The molecule has 13 heavy (non-hydrogen) atoms. The maximum Gasteiger partial charge on any atom is 0.233 e. The van der Waals surface area contributed by atoms with Gasteiger partial charge in [-0.1, -0.05) is 12.2 Å². The summed E-state index contributed by atoms with van der Waals surface area (Å²) in [6, 6.07) is 0. The van der Waals surface area contributed by atoms with Gasteiger partial charge in [0.25, 0.3) is 0 Å². The molecule has 0 heterocycles. The Kier molecular flexibility index (Phi) is 1.49. The van der Waals surface area contributed by atoms with E-state index >= 15 is 0 Å². The number of hydrogen-bond acceptors (Lipinski definition) is 2. The fraction of sp³-hybridized carbons (Fsp3) is 0.556. The number of amides is 2. The Morgan fingerprint density at radius 1 is 1.23 bits per heavy atom. The molecule has 4 N–H and O–H groups in total. The summed E-state index contributed by atoms with van der Waals surface area (Å²) in [6.07, 6.45) is 5.27. The van der Waals surface area contributed by atoms with Crippen LogP contribution >= 0.6 is 0 Å². The van der Waals surface area contributed by atoms with Crippen molar-refractivity contribution in [1.29, 1.82) is 0 Å². The van der Waals surface area contributed by atoms with E-state index in [4.69, 9.17) is 11.5 Å². The number of rotatable bonds is 2. The van der Waals surface area contributed by atoms with Gasteiger partial charge in [0.15, 0.2) is 0 Å². The van der Waals surface area contributed by atoms with Gasteiger partial charge in [-0.15, -0.1) is 0 Å². The predicted molar refractivity (Wildman–Crippen MR) is 46.2 cm³/mol. The Morgan fingerprint density at radius 3 is 2.08 bits per heavy atom. The predicted octanol–water partition coefficient (Wildman–Crippen LogP) is -0.461. The summed E-state index contributed by atoms with van der Waals surface area (Å²) in [5, 5.41) is 0. The molecule has 4 heteroatoms. The number of nitrogens with two attached hydrogens (primary N) is 2. The highest BCUT2D eigenvalue weighted by molar-refractivity contribution is 6.05. The van der Waals surface area contributed by atoms with Crippen LogP contribution in [0.1, 0.15) is 12.8 Å². The van der Waals surface area contributed by atoms with Crippen molar-refractivity contribution in [3.05, 3.63) is 12.2 Å². The van der Waals surface area contributed by atoms with Gasteiger partial charge in [0.2, 0.25) is 11.8 Å². The second-order valence-electron chi connectivity index (χ2n) is 3.89. The summed E-state index contributed by atoms with van der Waals surface area (Å²) < 4.78 is 0. The number of hydrogen-bond donors (Lipinski definition) is 2. The van der Waals surface area contributed by atoms with Crippen molar-refractivity contribution in [2.45, 2.75) is 12.8 Å². The summed E-state index contributed by atoms with van der Waals surface area (Å²) in [5.74, 6) is -0.897. The van der Waals surface area contributed by atoms with Crippen molar-refractivity contribution in [3.8, 4) is 0 Å². The topological polar surface area (TPSA) is 86.2 Å². The van der Waals surface area contributed by atoms with Gasteiger partial charge in [0, 0.05) is 5.92 Å². The summed E-state index contributed by atoms with van der Waals surface area (Å²) in [7, 11) is 0. The number of carbonyl (C=O) groups excluding carboxylic acids is 2. The molecule has 2 aliphatic rings. The Balaban J connectivity index is 2.42. The van der Waals surface area contributed by atoms with Crippen molar-refractivity contribution < 1.29 is 9.59 Å². The first-order valence-electron chi connectivity index (χ1n) is 4.35. The molecular weight excluding hydrogens is 168 g/mol. The van der Waals surface area contributed by atoms with Gasteiger partial charge < -0.3 is 11.5 Å². The first kappa shape index (κ1) is 8.29. The quantitative estimate of drug-likeness (QED) is 0.445. The Bertz CT molecular complexity index is 295. The van der Waals surface area contributed by atoms with Crippen LogP contribution in [0.25, 0.3) is 0 Å². The largest absolute Gasteiger partial charge is 0.369 e. The van der Waals surface area contributed by atoms with Crippen LogP contribution in [0.3, 0.4) is 0 Å². The minimum absolute atomic E-state index is 0.0625. The summed E-state index contributed by atoms with van der Waals surface area (Å²) in [6.45, 7) is 0. The van der Waals surface area contributed by atoms with Crippen molar-refractivity contribution in [2.75, 3.05) is 0 Å². The zero-order valence-electron chi connectivity index (χ0n) is 7.19. The minimum Gasteiger partial charge on any atom is -0.369 e. The molecule has 2 bridgehead atoms. The fourth-order valence-electron chi connectivity index (χ4n) is 2.54. The lowest BCUT2D eigenvalue weighted by Gasteiger charge is -2.28. The highest BCUT2D eigenvalue weighted by Crippen LogP contribution is 2.51. The zero-order chi connectivity index (χ0) is 9.64. The smallest absolute Gasteiger partial charge is 0.233 e. The molecule has 0 radical (unpaired) electrons. The molecule has 4 nitrogen and oxygen atoms in total. The molecule has 0 aromatic heterocycles. The molecule has 0 saturated heterocycles. The van der Waals surface area contributed by atoms with Gasteiger partial charge >= 0.3 is 0 Å². The first-order chi connectivity index (χ1) is 6.07. The molecule has 0 spiro atoms. The second-order valence-corrected chi connectivity index (χ2v) is 3.89. The molecule has 0 aromatic rings. The molecule has 1 saturated carbocycles. The lowest BCUT2D eigenvalue weighted by atomic mass is 9.74. The molecule has 1 fully saturated rings. The average Bonchev–Trinajstić information content (AvgIpc) is 2.61. The van der Waals surface area contributed by atoms with E-state index in [1.54, 1.807) is 0 Å². The second kappa shape index (κ2) is 2.34. The Morgan fingerprint density at radius 2 is 1.85 bits per heavy atom. The van der Waals surface area contributed by atoms with Crippen LogP contribution in [-0.2, 0) is 9.59 Å². The van der Waals surface area contributed by atoms with E-state index in [1.165, 1.54) is 0 Å². The van der Waals surface area contributed by atoms with Crippen LogP contribution in [0.15, 0.2) is 12.2 Å². The fourth-order valence-corrected chi connectivity index (χ4v) is 2.54. The van der Waals surface area contributed by atoms with E-state index in [2.05, 4.69) is 0 Å². The van der Waals surface area contributed by atoms with E-state index in [1.807, 2.05) is 12.2 Å². The van der Waals surface area contributed by atoms with E-state index in [0.29, 0.717) is 12.3 Å². The number of fused-ring (bicyclic) bond motifs is 2. The van der Waals surface area contributed by atoms with Crippen LogP contribution in [0.5, 0.6) is 0 Å². The van der Waals surface area contributed by atoms with Crippen LogP contribution in [0.2, 0.25) is 0 Å². The average molecular weight is 180 g/mol. The van der Waals surface area contributed by atoms with E-state index < -0.39 is 17.2 Å². The van der Waals surface area contributed by atoms with Crippen molar-refractivity contribution >= 4 is 11.8 Å². The monoisotopic (exact) mass is 180 g/mol. The van der Waals surface area contributed by atoms with Crippen LogP contribution in [0, 0.1) is 17.3 Å². The van der Waals surface area contributed by atoms with Crippen LogP contribution in [0.4, 0.5) is 0 Å². The molecule has 2 rings (SSSR count). The molecule has 0 aromatic carbocycles. The summed E-state index contributed by atoms with van der Waals surface area (Å²) in [5.41, 5.74) is 9.40. The molecule has 0 aliphatic heterocycles. The molecular formula is C9H12N2O2. The maximum absolute atomic E-state index is 11.2. The highest BCUT2D eigenvalue weighted by atomic mass is 16.2. The SMILES string of the molecule is NC(=O)C1(C(N)=O)CC2C=CC1C2. The lowest BCUT2D eigenvalue weighted by Crippen LogP contribution is -2.50. The van der Waals surface area contributed by atoms with Crippen molar-refractivity contribution in [3.63, 3.8) is 0 Å². The summed E-state index contributed by atoms with van der Waals surface area (Å²) in [4.78, 5) is 22.5. The normalized spacial score (nSPS) is 33.5. The molecule has 2 amide bonds. The van der Waals surface area contributed by atoms with Crippen molar-refractivity contribution in [1.82, 2.24) is 0 Å². The minimum atomic E-state index is -1.10. The standard InChI is InChI=1S/C9H12N2O2/c10-7(12)9(8(11)13)4-5-1-2-6(9)3-5/h1-2,5-6H,3-4H2,(H2,10,12)(H2,11,13).